The van der Waals surface area contributed by atoms with Gasteiger partial charge in [-0.2, -0.15) is 0 Å². The van der Waals surface area contributed by atoms with Crippen molar-refractivity contribution in [2.45, 2.75) is 62.6 Å². The Morgan fingerprint density at radius 3 is 2.21 bits per heavy atom. The minimum atomic E-state index is -1.37. The average molecular weight is 753 g/mol. The van der Waals surface area contributed by atoms with Crippen LogP contribution in [0.4, 0.5) is 16.2 Å². The summed E-state index contributed by atoms with van der Waals surface area (Å²) in [6.07, 6.45) is 2.81. The number of fused-ring (bicyclic) bond motifs is 4. The maximum atomic E-state index is 13.8. The molecule has 52 heavy (non-hydrogen) atoms. The number of carbonyl (C=O) groups is 3. The third kappa shape index (κ3) is 7.57. The number of nitrogens with zero attached hydrogens (tertiary/aromatic N) is 4. The summed E-state index contributed by atoms with van der Waals surface area (Å²) < 4.78 is 28.9. The van der Waals surface area contributed by atoms with Gasteiger partial charge in [0.05, 0.1) is 62.0 Å². The maximum Gasteiger partial charge on any atom is 0.416 e. The lowest BCUT2D eigenvalue weighted by atomic mass is 10.1. The first-order valence-corrected chi connectivity index (χ1v) is 19.1. The van der Waals surface area contributed by atoms with Crippen molar-refractivity contribution in [1.29, 1.82) is 0 Å². The Labute approximate surface area is 312 Å². The van der Waals surface area contributed by atoms with Crippen LogP contribution in [0, 0.1) is 0 Å². The van der Waals surface area contributed by atoms with Crippen LogP contribution in [-0.4, -0.2) is 110 Å². The Morgan fingerprint density at radius 2 is 1.54 bits per heavy atom. The van der Waals surface area contributed by atoms with Gasteiger partial charge >= 0.3 is 6.09 Å². The number of aliphatic hydroxyl groups excluding tert-OH is 1. The van der Waals surface area contributed by atoms with Crippen molar-refractivity contribution in [1.82, 2.24) is 9.80 Å². The fourth-order valence-electron chi connectivity index (χ4n) is 6.82. The third-order valence-corrected chi connectivity index (χ3v) is 11.1. The number of methoxy groups -OCH3 is 2. The summed E-state index contributed by atoms with van der Waals surface area (Å²) in [4.78, 5) is 49.5. The molecule has 0 radical (unpaired) electrons. The molecule has 2 fully saturated rings. The zero-order valence-electron chi connectivity index (χ0n) is 29.5. The molecule has 2 aromatic rings. The standard InChI is InChI=1S/C37H44N4O9S2/c1-21-11-24-17-38-27-15-32(30(46-4)13-25(27)34(42)39(24)18-21)48-9-7-6-8-10-49-33-16-28-26(14-31(33)47-5)35(43)40-19-22(2)12-29(40)36(44)41(28)37(45)50-20-23(3)52-51/h13-17,23-24,29,36,44,51H,1-2,6-12,18-20H2,3-5H3/t23-,24+,29+,36+/m1/s1. The second-order valence-corrected chi connectivity index (χ2v) is 14.9. The van der Waals surface area contributed by atoms with Gasteiger partial charge in [0.25, 0.3) is 11.8 Å². The second kappa shape index (κ2) is 16.1. The van der Waals surface area contributed by atoms with Crippen molar-refractivity contribution in [3.05, 3.63) is 59.7 Å². The number of ether oxygens (including phenoxy) is 5. The molecule has 4 aliphatic rings. The largest absolute Gasteiger partial charge is 0.493 e. The van der Waals surface area contributed by atoms with E-state index in [0.717, 1.165) is 22.5 Å². The van der Waals surface area contributed by atoms with E-state index in [1.165, 1.54) is 36.0 Å². The molecule has 4 atom stereocenters. The number of carbonyl (C=O) groups excluding carboxylic acids is 3. The topological polar surface area (TPSA) is 140 Å². The highest BCUT2D eigenvalue weighted by Gasteiger charge is 2.46. The molecule has 15 heteroatoms. The minimum Gasteiger partial charge on any atom is -0.493 e. The van der Waals surface area contributed by atoms with Gasteiger partial charge in [0, 0.05) is 36.7 Å². The number of hydrogen-bond acceptors (Lipinski definition) is 12. The number of aliphatic imine (C=N–C) groups is 1. The number of amides is 3. The van der Waals surface area contributed by atoms with Gasteiger partial charge in [0.2, 0.25) is 0 Å². The van der Waals surface area contributed by atoms with Crippen molar-refractivity contribution in [2.24, 2.45) is 4.99 Å². The predicted octanol–water partition coefficient (Wildman–Crippen LogP) is 5.83. The van der Waals surface area contributed by atoms with Crippen molar-refractivity contribution in [3.63, 3.8) is 0 Å². The molecule has 0 unspecified atom stereocenters. The molecule has 0 spiro atoms. The van der Waals surface area contributed by atoms with Crippen molar-refractivity contribution in [3.8, 4) is 23.0 Å². The average Bonchev–Trinajstić information content (AvgIpc) is 3.68. The molecule has 0 aliphatic carbocycles. The summed E-state index contributed by atoms with van der Waals surface area (Å²) in [5.41, 5.74) is 3.15. The number of rotatable bonds is 13. The van der Waals surface area contributed by atoms with Gasteiger partial charge in [-0.15, -0.1) is 11.7 Å². The molecule has 2 aromatic carbocycles. The highest BCUT2D eigenvalue weighted by molar-refractivity contribution is 8.68. The van der Waals surface area contributed by atoms with E-state index in [1.807, 2.05) is 6.92 Å². The molecule has 0 aromatic heterocycles. The van der Waals surface area contributed by atoms with Gasteiger partial charge in [0.15, 0.2) is 29.2 Å². The molecule has 4 aliphatic heterocycles. The van der Waals surface area contributed by atoms with Crippen LogP contribution in [0.25, 0.3) is 0 Å². The molecule has 2 saturated heterocycles. The molecular weight excluding hydrogens is 709 g/mol. The number of anilines is 1. The van der Waals surface area contributed by atoms with Gasteiger partial charge in [0.1, 0.15) is 6.61 Å². The van der Waals surface area contributed by atoms with Crippen LogP contribution >= 0.6 is 22.5 Å². The van der Waals surface area contributed by atoms with E-state index < -0.39 is 18.4 Å². The van der Waals surface area contributed by atoms with Gasteiger partial charge in [-0.3, -0.25) is 14.6 Å². The Bertz CT molecular complexity index is 1790. The van der Waals surface area contributed by atoms with Gasteiger partial charge in [-0.05, 0) is 51.2 Å². The lowest BCUT2D eigenvalue weighted by Crippen LogP contribution is -2.51. The summed E-state index contributed by atoms with van der Waals surface area (Å²) in [5, 5.41) is 11.4. The monoisotopic (exact) mass is 752 g/mol. The summed E-state index contributed by atoms with van der Waals surface area (Å²) in [6.45, 7) is 11.4. The molecule has 278 valence electrons. The lowest BCUT2D eigenvalue weighted by Gasteiger charge is -2.31. The Kier molecular flexibility index (Phi) is 11.6. The number of unbranched alkanes of at least 4 members (excludes halogenated alkanes) is 2. The van der Waals surface area contributed by atoms with Crippen LogP contribution in [-0.2, 0) is 4.74 Å². The minimum absolute atomic E-state index is 0.0621. The highest BCUT2D eigenvalue weighted by Crippen LogP contribution is 2.42. The quantitative estimate of drug-likeness (QED) is 0.111. The van der Waals surface area contributed by atoms with E-state index in [9.17, 15) is 19.5 Å². The zero-order chi connectivity index (χ0) is 37.1. The molecule has 1 N–H and O–H groups in total. The van der Waals surface area contributed by atoms with Gasteiger partial charge < -0.3 is 38.6 Å². The van der Waals surface area contributed by atoms with E-state index in [0.29, 0.717) is 79.7 Å². The Morgan fingerprint density at radius 1 is 0.923 bits per heavy atom. The first-order valence-electron chi connectivity index (χ1n) is 17.2. The Balaban J connectivity index is 1.09. The third-order valence-electron chi connectivity index (χ3n) is 9.51. The first-order chi connectivity index (χ1) is 25.0. The molecule has 0 saturated carbocycles. The number of hydrogen-bond donors (Lipinski definition) is 2. The van der Waals surface area contributed by atoms with Crippen molar-refractivity contribution in [2.75, 3.05) is 52.0 Å². The second-order valence-electron chi connectivity index (χ2n) is 13.3. The van der Waals surface area contributed by atoms with E-state index in [2.05, 4.69) is 29.8 Å². The van der Waals surface area contributed by atoms with Crippen LogP contribution in [0.5, 0.6) is 23.0 Å². The van der Waals surface area contributed by atoms with Crippen LogP contribution in [0.2, 0.25) is 0 Å². The van der Waals surface area contributed by atoms with Crippen LogP contribution in [0.3, 0.4) is 0 Å². The van der Waals surface area contributed by atoms with Crippen LogP contribution in [0.1, 0.15) is 59.7 Å². The van der Waals surface area contributed by atoms with Gasteiger partial charge in [-0.25, -0.2) is 9.69 Å². The van der Waals surface area contributed by atoms with E-state index in [1.54, 1.807) is 29.3 Å². The summed E-state index contributed by atoms with van der Waals surface area (Å²) in [5.74, 6) is 1.14. The fourth-order valence-corrected chi connectivity index (χ4v) is 7.14. The maximum absolute atomic E-state index is 13.8. The van der Waals surface area contributed by atoms with Crippen molar-refractivity contribution < 1.29 is 43.2 Å². The summed E-state index contributed by atoms with van der Waals surface area (Å²) >= 11 is 4.19. The molecule has 3 amide bonds. The van der Waals surface area contributed by atoms with E-state index in [4.69, 9.17) is 23.7 Å². The zero-order valence-corrected chi connectivity index (χ0v) is 31.2. The normalized spacial score (nSPS) is 21.2. The predicted molar refractivity (Wildman–Crippen MR) is 202 cm³/mol. The molecular formula is C37H44N4O9S2. The Hall–Kier alpha value is -4.34. The lowest BCUT2D eigenvalue weighted by molar-refractivity contribution is 0.0491. The van der Waals surface area contributed by atoms with E-state index >= 15 is 0 Å². The van der Waals surface area contributed by atoms with Crippen LogP contribution < -0.4 is 23.8 Å². The fraction of sp³-hybridized carbons (Fsp3) is 0.459. The summed E-state index contributed by atoms with van der Waals surface area (Å²) in [7, 11) is 4.26. The van der Waals surface area contributed by atoms with Crippen molar-refractivity contribution >= 4 is 58.0 Å². The van der Waals surface area contributed by atoms with Gasteiger partial charge in [-0.1, -0.05) is 35.1 Å². The summed E-state index contributed by atoms with van der Waals surface area (Å²) in [6, 6.07) is 5.73. The number of aliphatic hydroxyl groups is 1. The number of benzene rings is 2. The smallest absolute Gasteiger partial charge is 0.416 e. The number of thiol groups is 1. The SMILES string of the molecule is C=C1C[C@H]2C=Nc3cc(OCCCCCOc4cc5c(cc4OC)C(=O)N4CC(=C)C[C@H]4[C@H](O)N5C(=O)OC[C@@H](C)SS)c(OC)cc3C(=O)N2C1. The molecule has 4 heterocycles. The van der Waals surface area contributed by atoms with Crippen LogP contribution in [0.15, 0.2) is 53.6 Å². The highest BCUT2D eigenvalue weighted by atomic mass is 33.1. The molecule has 13 nitrogen and oxygen atoms in total. The molecule has 0 bridgehead atoms. The molecule has 6 rings (SSSR count). The van der Waals surface area contributed by atoms with E-state index in [-0.39, 0.29) is 47.5 Å². The first kappa shape index (κ1) is 37.4.